The van der Waals surface area contributed by atoms with Gasteiger partial charge in [0.25, 0.3) is 5.56 Å². The van der Waals surface area contributed by atoms with E-state index >= 15 is 4.39 Å². The highest BCUT2D eigenvalue weighted by atomic mass is 19.1. The summed E-state index contributed by atoms with van der Waals surface area (Å²) in [4.78, 5) is 29.3. The molecule has 0 aliphatic carbocycles. The van der Waals surface area contributed by atoms with Gasteiger partial charge in [-0.15, -0.1) is 0 Å². The summed E-state index contributed by atoms with van der Waals surface area (Å²) < 4.78 is 64.8. The average molecular weight is 487 g/mol. The number of benzene rings is 2. The second-order valence-corrected chi connectivity index (χ2v) is 8.20. The number of halogens is 4. The maximum absolute atomic E-state index is 15.0. The Bertz CT molecular complexity index is 1540. The normalized spacial score (nSPS) is 15.4. The highest BCUT2D eigenvalue weighted by Gasteiger charge is 2.25. The van der Waals surface area contributed by atoms with Gasteiger partial charge >= 0.3 is 5.97 Å². The van der Waals surface area contributed by atoms with Gasteiger partial charge in [0, 0.05) is 18.6 Å². The number of nitrogens with zero attached hydrogens (tertiary/aromatic N) is 2. The number of ether oxygens (including phenoxy) is 1. The summed E-state index contributed by atoms with van der Waals surface area (Å²) in [7, 11) is 0. The molecule has 0 radical (unpaired) electrons. The van der Waals surface area contributed by atoms with Gasteiger partial charge in [0.05, 0.1) is 29.4 Å². The minimum atomic E-state index is -1.32. The highest BCUT2D eigenvalue weighted by molar-refractivity contribution is 5.92. The molecule has 1 aliphatic heterocycles. The molecule has 4 aromatic rings. The molecule has 1 aliphatic rings. The molecule has 180 valence electrons. The van der Waals surface area contributed by atoms with Gasteiger partial charge in [-0.3, -0.25) is 4.79 Å². The lowest BCUT2D eigenvalue weighted by Crippen LogP contribution is -2.31. The molecule has 0 spiro atoms. The van der Waals surface area contributed by atoms with E-state index in [2.05, 4.69) is 9.97 Å². The lowest BCUT2D eigenvalue weighted by atomic mass is 10.0. The Morgan fingerprint density at radius 3 is 2.51 bits per heavy atom. The number of carboxylic acid groups (broad SMARTS) is 1. The van der Waals surface area contributed by atoms with Crippen molar-refractivity contribution < 1.29 is 32.2 Å². The van der Waals surface area contributed by atoms with Crippen molar-refractivity contribution in [3.05, 3.63) is 87.0 Å². The van der Waals surface area contributed by atoms with Gasteiger partial charge in [0.15, 0.2) is 11.6 Å². The number of rotatable bonds is 6. The van der Waals surface area contributed by atoms with Crippen molar-refractivity contribution in [3.63, 3.8) is 0 Å². The fourth-order valence-corrected chi connectivity index (χ4v) is 4.04. The summed E-state index contributed by atoms with van der Waals surface area (Å²) in [5.74, 6) is -4.72. The molecular weight excluding hydrogens is 470 g/mol. The summed E-state index contributed by atoms with van der Waals surface area (Å²) in [6, 6.07) is 5.90. The molecule has 1 fully saturated rings. The highest BCUT2D eigenvalue weighted by Crippen LogP contribution is 2.28. The van der Waals surface area contributed by atoms with Crippen molar-refractivity contribution in [3.8, 4) is 11.3 Å². The molecule has 0 unspecified atom stereocenters. The van der Waals surface area contributed by atoms with E-state index in [0.29, 0.717) is 6.61 Å². The second-order valence-electron chi connectivity index (χ2n) is 8.20. The smallest absolute Gasteiger partial charge is 0.335 e. The molecule has 2 aromatic heterocycles. The molecule has 0 saturated carbocycles. The second kappa shape index (κ2) is 8.66. The average Bonchev–Trinajstić information content (AvgIpc) is 3.12. The number of aromatic amines is 1. The quantitative estimate of drug-likeness (QED) is 0.401. The molecule has 35 heavy (non-hydrogen) atoms. The topological polar surface area (TPSA) is 97.2 Å². The molecule has 11 heteroatoms. The van der Waals surface area contributed by atoms with Crippen LogP contribution in [0.15, 0.2) is 41.2 Å². The Kier molecular flexibility index (Phi) is 5.64. The van der Waals surface area contributed by atoms with E-state index in [-0.39, 0.29) is 58.3 Å². The molecule has 2 aromatic carbocycles. The predicted molar refractivity (Wildman–Crippen MR) is 116 cm³/mol. The van der Waals surface area contributed by atoms with Crippen molar-refractivity contribution in [2.75, 3.05) is 6.61 Å². The van der Waals surface area contributed by atoms with Gasteiger partial charge in [0.2, 0.25) is 0 Å². The molecule has 0 bridgehead atoms. The van der Waals surface area contributed by atoms with Crippen LogP contribution in [0, 0.1) is 23.3 Å². The van der Waals surface area contributed by atoms with Crippen LogP contribution >= 0.6 is 0 Å². The van der Waals surface area contributed by atoms with Crippen LogP contribution in [0.25, 0.3) is 22.3 Å². The Morgan fingerprint density at radius 1 is 1.09 bits per heavy atom. The van der Waals surface area contributed by atoms with E-state index in [1.807, 2.05) is 0 Å². The van der Waals surface area contributed by atoms with E-state index in [9.17, 15) is 27.9 Å². The molecule has 1 saturated heterocycles. The number of hydrogen-bond acceptors (Lipinski definition) is 4. The third kappa shape index (κ3) is 4.18. The van der Waals surface area contributed by atoms with Crippen LogP contribution in [0.1, 0.15) is 28.2 Å². The van der Waals surface area contributed by atoms with Crippen molar-refractivity contribution in [2.24, 2.45) is 0 Å². The largest absolute Gasteiger partial charge is 0.478 e. The predicted octanol–water partition coefficient (Wildman–Crippen LogP) is 4.03. The fourth-order valence-electron chi connectivity index (χ4n) is 4.04. The Morgan fingerprint density at radius 2 is 1.86 bits per heavy atom. The number of hydrogen-bond donors (Lipinski definition) is 2. The molecule has 1 atom stereocenters. The van der Waals surface area contributed by atoms with Crippen LogP contribution in [0.2, 0.25) is 0 Å². The lowest BCUT2D eigenvalue weighted by Gasteiger charge is -2.27. The van der Waals surface area contributed by atoms with E-state index < -0.39 is 34.8 Å². The van der Waals surface area contributed by atoms with Crippen molar-refractivity contribution in [1.29, 1.82) is 0 Å². The number of carbonyl (C=O) groups is 1. The zero-order valence-electron chi connectivity index (χ0n) is 17.9. The SMILES string of the molecule is O=C(O)c1cc(F)c2nc(Cc3cc(F)c(-c4ccc(F)c(=O)[nH]4)cc3F)n(C[C@@H]3CCO3)c2c1. The van der Waals surface area contributed by atoms with E-state index in [0.717, 1.165) is 36.8 Å². The summed E-state index contributed by atoms with van der Waals surface area (Å²) >= 11 is 0. The van der Waals surface area contributed by atoms with Gasteiger partial charge in [-0.05, 0) is 48.4 Å². The van der Waals surface area contributed by atoms with Crippen molar-refractivity contribution in [2.45, 2.75) is 25.5 Å². The first-order valence-electron chi connectivity index (χ1n) is 10.6. The number of fused-ring (bicyclic) bond motifs is 1. The maximum Gasteiger partial charge on any atom is 0.335 e. The number of aromatic carboxylic acids is 1. The third-order valence-corrected chi connectivity index (χ3v) is 5.95. The molecule has 7 nitrogen and oxygen atoms in total. The van der Waals surface area contributed by atoms with Crippen LogP contribution in [-0.2, 0) is 17.7 Å². The standard InChI is InChI=1S/C24H17F4N3O4/c25-15-1-2-19(29-23(15)32)14-9-16(26)11(5-17(14)27)8-21-30-22-18(28)6-12(24(33)34)7-20(22)31(21)10-13-3-4-35-13/h1-2,5-7,9,13H,3-4,8,10H2,(H,29,32)(H,33,34)/t13-/m0/s1. The van der Waals surface area contributed by atoms with E-state index in [1.165, 1.54) is 6.07 Å². The van der Waals surface area contributed by atoms with Gasteiger partial charge in [-0.2, -0.15) is 0 Å². The van der Waals surface area contributed by atoms with Crippen LogP contribution in [0.5, 0.6) is 0 Å². The summed E-state index contributed by atoms with van der Waals surface area (Å²) in [6.07, 6.45) is 0.293. The van der Waals surface area contributed by atoms with Crippen LogP contribution in [0.3, 0.4) is 0 Å². The summed E-state index contributed by atoms with van der Waals surface area (Å²) in [5, 5.41) is 9.30. The first-order valence-corrected chi connectivity index (χ1v) is 10.6. The number of carboxylic acids is 1. The minimum Gasteiger partial charge on any atom is -0.478 e. The number of aromatic nitrogens is 3. The molecule has 2 N–H and O–H groups in total. The Labute approximate surface area is 194 Å². The molecule has 3 heterocycles. The summed E-state index contributed by atoms with van der Waals surface area (Å²) in [6.45, 7) is 0.779. The number of nitrogens with one attached hydrogen (secondary N) is 1. The van der Waals surface area contributed by atoms with Gasteiger partial charge in [0.1, 0.15) is 23.0 Å². The fraction of sp³-hybridized carbons (Fsp3) is 0.208. The van der Waals surface area contributed by atoms with E-state index in [1.54, 1.807) is 4.57 Å². The Balaban J connectivity index is 1.57. The molecule has 5 rings (SSSR count). The third-order valence-electron chi connectivity index (χ3n) is 5.95. The van der Waals surface area contributed by atoms with Gasteiger partial charge in [-0.25, -0.2) is 27.3 Å². The number of pyridine rings is 1. The first-order chi connectivity index (χ1) is 16.7. The Hall–Kier alpha value is -3.99. The number of H-pyrrole nitrogens is 1. The number of imidazole rings is 1. The van der Waals surface area contributed by atoms with Crippen LogP contribution in [0.4, 0.5) is 17.6 Å². The van der Waals surface area contributed by atoms with Crippen molar-refractivity contribution >= 4 is 17.0 Å². The zero-order valence-corrected chi connectivity index (χ0v) is 17.9. The molecule has 0 amide bonds. The maximum atomic E-state index is 15.0. The lowest BCUT2D eigenvalue weighted by molar-refractivity contribution is -0.0589. The zero-order chi connectivity index (χ0) is 24.9. The first kappa shape index (κ1) is 22.8. The van der Waals surface area contributed by atoms with Crippen LogP contribution in [-0.4, -0.2) is 38.3 Å². The van der Waals surface area contributed by atoms with Crippen LogP contribution < -0.4 is 5.56 Å². The van der Waals surface area contributed by atoms with Gasteiger partial charge < -0.3 is 19.4 Å². The summed E-state index contributed by atoms with van der Waals surface area (Å²) in [5.41, 5.74) is -1.69. The van der Waals surface area contributed by atoms with E-state index in [4.69, 9.17) is 4.74 Å². The van der Waals surface area contributed by atoms with Crippen molar-refractivity contribution in [1.82, 2.24) is 14.5 Å². The van der Waals surface area contributed by atoms with Gasteiger partial charge in [-0.1, -0.05) is 0 Å². The monoisotopic (exact) mass is 487 g/mol. The minimum absolute atomic E-state index is 0.0919. The molecular formula is C24H17F4N3O4.